The molecule has 152 valence electrons. The Morgan fingerprint density at radius 3 is 2.26 bits per heavy atom. The van der Waals surface area contributed by atoms with Crippen LogP contribution in [0.3, 0.4) is 0 Å². The maximum Gasteiger partial charge on any atom is 0.326 e. The molecule has 1 aromatic rings. The van der Waals surface area contributed by atoms with E-state index in [9.17, 15) is 9.59 Å². The second kappa shape index (κ2) is 10.3. The average Bonchev–Trinajstić information content (AvgIpc) is 2.52. The van der Waals surface area contributed by atoms with Crippen LogP contribution in [0.4, 0.5) is 0 Å². The largest absolute Gasteiger partial charge is 0.493 e. The number of likely N-dealkylation sites (N-methyl/N-ethyl adjacent to an activating group) is 1. The van der Waals surface area contributed by atoms with Crippen LogP contribution in [0.15, 0.2) is 18.2 Å². The molecule has 0 fully saturated rings. The quantitative estimate of drug-likeness (QED) is 0.619. The molecule has 1 aromatic carbocycles. The summed E-state index contributed by atoms with van der Waals surface area (Å²) in [7, 11) is 3.86. The Balaban J connectivity index is 2.60. The molecule has 1 rings (SSSR count). The summed E-state index contributed by atoms with van der Waals surface area (Å²) in [5.74, 6) is 0.231. The van der Waals surface area contributed by atoms with Gasteiger partial charge in [-0.1, -0.05) is 6.07 Å². The van der Waals surface area contributed by atoms with Crippen LogP contribution in [0.2, 0.25) is 0 Å². The van der Waals surface area contributed by atoms with Crippen molar-refractivity contribution in [1.82, 2.24) is 9.80 Å². The Kier molecular flexibility index (Phi) is 8.76. The molecule has 0 aliphatic rings. The number of aryl methyl sites for hydroxylation is 2. The maximum absolute atomic E-state index is 12.6. The molecule has 27 heavy (non-hydrogen) atoms. The highest BCUT2D eigenvalue weighted by Crippen LogP contribution is 2.16. The first-order valence-corrected chi connectivity index (χ1v) is 9.32. The standard InChI is InChI=1S/C21H34N2O4/c1-16-8-9-18(14-17(16)2)26-13-10-19(24)23(12-11-22(6)7)15-20(25)27-21(3,4)5/h8-9,14H,10-13,15H2,1-7H3. The third-order valence-corrected chi connectivity index (χ3v) is 3.97. The molecular weight excluding hydrogens is 344 g/mol. The molecule has 0 bridgehead atoms. The number of amides is 1. The molecule has 1 amide bonds. The molecule has 0 heterocycles. The van der Waals surface area contributed by atoms with Gasteiger partial charge in [0.25, 0.3) is 0 Å². The molecule has 0 aliphatic heterocycles. The van der Waals surface area contributed by atoms with Gasteiger partial charge >= 0.3 is 5.97 Å². The minimum Gasteiger partial charge on any atom is -0.493 e. The van der Waals surface area contributed by atoms with Crippen LogP contribution < -0.4 is 4.74 Å². The predicted molar refractivity (Wildman–Crippen MR) is 107 cm³/mol. The van der Waals surface area contributed by atoms with Gasteiger partial charge in [-0.05, 0) is 72.0 Å². The van der Waals surface area contributed by atoms with Crippen molar-refractivity contribution >= 4 is 11.9 Å². The van der Waals surface area contributed by atoms with Gasteiger partial charge in [0.2, 0.25) is 5.91 Å². The van der Waals surface area contributed by atoms with Crippen molar-refractivity contribution in [3.63, 3.8) is 0 Å². The van der Waals surface area contributed by atoms with Crippen molar-refractivity contribution in [2.75, 3.05) is 40.3 Å². The van der Waals surface area contributed by atoms with Gasteiger partial charge in [-0.15, -0.1) is 0 Å². The van der Waals surface area contributed by atoms with E-state index in [1.165, 1.54) is 10.5 Å². The fraction of sp³-hybridized carbons (Fsp3) is 0.619. The first kappa shape index (κ1) is 23.0. The van der Waals surface area contributed by atoms with Gasteiger partial charge in [0.1, 0.15) is 17.9 Å². The van der Waals surface area contributed by atoms with Gasteiger partial charge in [0.15, 0.2) is 0 Å². The molecule has 0 spiro atoms. The number of nitrogens with zero attached hydrogens (tertiary/aromatic N) is 2. The molecule has 0 radical (unpaired) electrons. The van der Waals surface area contributed by atoms with E-state index in [2.05, 4.69) is 0 Å². The molecular formula is C21H34N2O4. The average molecular weight is 379 g/mol. The molecule has 6 nitrogen and oxygen atoms in total. The van der Waals surface area contributed by atoms with E-state index >= 15 is 0 Å². The third-order valence-electron chi connectivity index (χ3n) is 3.97. The summed E-state index contributed by atoms with van der Waals surface area (Å²) in [6, 6.07) is 5.86. The molecule has 0 aliphatic carbocycles. The van der Waals surface area contributed by atoms with Gasteiger partial charge in [-0.25, -0.2) is 0 Å². The first-order chi connectivity index (χ1) is 12.5. The van der Waals surface area contributed by atoms with Crippen LogP contribution in [0.5, 0.6) is 5.75 Å². The predicted octanol–water partition coefficient (Wildman–Crippen LogP) is 2.80. The SMILES string of the molecule is Cc1ccc(OCCC(=O)N(CCN(C)C)CC(=O)OC(C)(C)C)cc1C. The summed E-state index contributed by atoms with van der Waals surface area (Å²) in [5.41, 5.74) is 1.78. The number of carbonyl (C=O) groups excluding carboxylic acids is 2. The van der Waals surface area contributed by atoms with Crippen molar-refractivity contribution in [2.24, 2.45) is 0 Å². The van der Waals surface area contributed by atoms with Crippen LogP contribution >= 0.6 is 0 Å². The van der Waals surface area contributed by atoms with E-state index in [1.54, 1.807) is 0 Å². The lowest BCUT2D eigenvalue weighted by atomic mass is 10.1. The van der Waals surface area contributed by atoms with E-state index < -0.39 is 11.6 Å². The minimum atomic E-state index is -0.570. The van der Waals surface area contributed by atoms with Crippen molar-refractivity contribution < 1.29 is 19.1 Å². The summed E-state index contributed by atoms with van der Waals surface area (Å²) in [5, 5.41) is 0. The molecule has 0 saturated heterocycles. The number of esters is 1. The number of hydrogen-bond donors (Lipinski definition) is 0. The monoisotopic (exact) mass is 378 g/mol. The summed E-state index contributed by atoms with van der Waals surface area (Å²) < 4.78 is 11.0. The molecule has 0 atom stereocenters. The fourth-order valence-electron chi connectivity index (χ4n) is 2.36. The summed E-state index contributed by atoms with van der Waals surface area (Å²) in [6.07, 6.45) is 0.211. The van der Waals surface area contributed by atoms with E-state index in [0.29, 0.717) is 13.1 Å². The van der Waals surface area contributed by atoms with Crippen LogP contribution in [0.1, 0.15) is 38.3 Å². The first-order valence-electron chi connectivity index (χ1n) is 9.32. The zero-order valence-electron chi connectivity index (χ0n) is 17.8. The third kappa shape index (κ3) is 9.43. The van der Waals surface area contributed by atoms with E-state index in [1.807, 2.05) is 71.8 Å². The fourth-order valence-corrected chi connectivity index (χ4v) is 2.36. The van der Waals surface area contributed by atoms with E-state index in [-0.39, 0.29) is 25.5 Å². The van der Waals surface area contributed by atoms with Crippen molar-refractivity contribution in [3.8, 4) is 5.75 Å². The summed E-state index contributed by atoms with van der Waals surface area (Å²) in [4.78, 5) is 28.2. The lowest BCUT2D eigenvalue weighted by Gasteiger charge is -2.26. The highest BCUT2D eigenvalue weighted by Gasteiger charge is 2.22. The maximum atomic E-state index is 12.6. The summed E-state index contributed by atoms with van der Waals surface area (Å²) >= 11 is 0. The second-order valence-corrected chi connectivity index (χ2v) is 8.05. The second-order valence-electron chi connectivity index (χ2n) is 8.05. The van der Waals surface area contributed by atoms with Crippen LogP contribution in [-0.2, 0) is 14.3 Å². The Morgan fingerprint density at radius 1 is 1.04 bits per heavy atom. The number of benzene rings is 1. The highest BCUT2D eigenvalue weighted by molar-refractivity contribution is 5.82. The van der Waals surface area contributed by atoms with Crippen LogP contribution in [-0.4, -0.2) is 67.6 Å². The number of rotatable bonds is 9. The molecule has 6 heteroatoms. The van der Waals surface area contributed by atoms with Gasteiger partial charge in [0, 0.05) is 13.1 Å². The molecule has 0 unspecified atom stereocenters. The van der Waals surface area contributed by atoms with Gasteiger partial charge < -0.3 is 19.3 Å². The normalized spacial score (nSPS) is 11.4. The van der Waals surface area contributed by atoms with Gasteiger partial charge in [-0.3, -0.25) is 9.59 Å². The number of carbonyl (C=O) groups is 2. The molecule has 0 aromatic heterocycles. The topological polar surface area (TPSA) is 59.1 Å². The van der Waals surface area contributed by atoms with Gasteiger partial charge in [-0.2, -0.15) is 0 Å². The lowest BCUT2D eigenvalue weighted by Crippen LogP contribution is -2.42. The summed E-state index contributed by atoms with van der Waals surface area (Å²) in [6.45, 7) is 10.9. The minimum absolute atomic E-state index is 0.0480. The number of ether oxygens (including phenoxy) is 2. The Labute approximate surface area is 163 Å². The van der Waals surface area contributed by atoms with Crippen molar-refractivity contribution in [1.29, 1.82) is 0 Å². The Bertz CT molecular complexity index is 636. The highest BCUT2D eigenvalue weighted by atomic mass is 16.6. The van der Waals surface area contributed by atoms with Crippen molar-refractivity contribution in [2.45, 2.75) is 46.6 Å². The van der Waals surface area contributed by atoms with Crippen LogP contribution in [0, 0.1) is 13.8 Å². The van der Waals surface area contributed by atoms with Gasteiger partial charge in [0.05, 0.1) is 13.0 Å². The molecule has 0 N–H and O–H groups in total. The molecule has 0 saturated carbocycles. The Hall–Kier alpha value is -2.08. The Morgan fingerprint density at radius 2 is 1.70 bits per heavy atom. The zero-order valence-corrected chi connectivity index (χ0v) is 17.8. The van der Waals surface area contributed by atoms with Crippen molar-refractivity contribution in [3.05, 3.63) is 29.3 Å². The lowest BCUT2D eigenvalue weighted by molar-refractivity contribution is -0.159. The van der Waals surface area contributed by atoms with E-state index in [4.69, 9.17) is 9.47 Å². The van der Waals surface area contributed by atoms with Crippen LogP contribution in [0.25, 0.3) is 0 Å². The smallest absolute Gasteiger partial charge is 0.326 e. The van der Waals surface area contributed by atoms with E-state index in [0.717, 1.165) is 11.3 Å². The zero-order chi connectivity index (χ0) is 20.6. The number of hydrogen-bond acceptors (Lipinski definition) is 5.